The minimum absolute atomic E-state index is 0.0301. The molecule has 2 fully saturated rings. The van der Waals surface area contributed by atoms with Crippen molar-refractivity contribution in [2.24, 2.45) is 7.05 Å². The summed E-state index contributed by atoms with van der Waals surface area (Å²) in [5, 5.41) is 43.9. The summed E-state index contributed by atoms with van der Waals surface area (Å²) < 4.78 is 37.2. The van der Waals surface area contributed by atoms with E-state index in [1.807, 2.05) is 65.0 Å². The molecule has 2 amide bonds. The molecule has 2 aliphatic rings. The monoisotopic (exact) mass is 844 g/mol. The number of aliphatic hydroxyl groups is 2. The first-order valence-electron chi connectivity index (χ1n) is 19.8. The summed E-state index contributed by atoms with van der Waals surface area (Å²) >= 11 is 0. The lowest BCUT2D eigenvalue weighted by atomic mass is 9.91. The number of alkyl halides is 3. The largest absolute Gasteiger partial charge is 0.490 e. The quantitative estimate of drug-likeness (QED) is 0.102. The molecule has 61 heavy (non-hydrogen) atoms. The molecule has 0 bridgehead atoms. The molecule has 1 aliphatic carbocycles. The maximum absolute atomic E-state index is 12.8. The molecule has 1 saturated heterocycles. The molecular weight excluding hydrogens is 798 g/mol. The molecule has 2 aromatic carbocycles. The van der Waals surface area contributed by atoms with Crippen LogP contribution in [0.15, 0.2) is 91.9 Å². The van der Waals surface area contributed by atoms with Gasteiger partial charge in [-0.3, -0.25) is 4.68 Å². The van der Waals surface area contributed by atoms with Gasteiger partial charge in [-0.05, 0) is 36.0 Å². The van der Waals surface area contributed by atoms with Gasteiger partial charge in [0, 0.05) is 51.0 Å². The van der Waals surface area contributed by atoms with Gasteiger partial charge in [-0.15, -0.1) is 0 Å². The van der Waals surface area contributed by atoms with Crippen molar-refractivity contribution in [3.05, 3.63) is 114 Å². The number of amides is 2. The van der Waals surface area contributed by atoms with Gasteiger partial charge in [-0.1, -0.05) is 67.6 Å². The SMILES string of the molecule is CCc1cnn([C@H]2C[C@@H](n3cnc4c(NCC(c5ccccc5)c5ccccc5)nc(N5CC[C@@H](NC(=O)NCc6cn(C)cn6)C5)nc43)[C@H](O)[C@@H]2O)c1.O=C(O)C(F)(F)F. The van der Waals surface area contributed by atoms with Gasteiger partial charge in [0.1, 0.15) is 12.2 Å². The van der Waals surface area contributed by atoms with Crippen LogP contribution in [-0.2, 0) is 24.8 Å². The summed E-state index contributed by atoms with van der Waals surface area (Å²) in [6, 6.07) is 19.4. The molecule has 6 aromatic rings. The van der Waals surface area contributed by atoms with E-state index in [1.54, 1.807) is 23.5 Å². The van der Waals surface area contributed by atoms with Crippen molar-refractivity contribution < 1.29 is 38.1 Å². The van der Waals surface area contributed by atoms with Crippen molar-refractivity contribution in [1.29, 1.82) is 0 Å². The Balaban J connectivity index is 0.000000739. The molecule has 5 heterocycles. The number of nitrogens with one attached hydrogen (secondary N) is 3. The van der Waals surface area contributed by atoms with E-state index in [9.17, 15) is 28.2 Å². The number of benzene rings is 2. The molecule has 5 atom stereocenters. The minimum Gasteiger partial charge on any atom is -0.475 e. The normalized spacial score (nSPS) is 20.1. The van der Waals surface area contributed by atoms with Crippen molar-refractivity contribution in [3.63, 3.8) is 0 Å². The highest BCUT2D eigenvalue weighted by Gasteiger charge is 2.45. The zero-order chi connectivity index (χ0) is 43.3. The number of fused-ring (bicyclic) bond motifs is 1. The van der Waals surface area contributed by atoms with Gasteiger partial charge in [-0.25, -0.2) is 19.6 Å². The van der Waals surface area contributed by atoms with Crippen molar-refractivity contribution in [2.75, 3.05) is 29.9 Å². The fraction of sp³-hybridized carbons (Fsp3) is 0.390. The number of carboxylic acids is 1. The number of rotatable bonds is 12. The molecule has 1 saturated carbocycles. The molecule has 4 aromatic heterocycles. The number of hydrogen-bond acceptors (Lipinski definition) is 11. The second-order valence-electron chi connectivity index (χ2n) is 15.1. The molecular formula is C41H47F3N12O5. The number of halogens is 3. The Hall–Kier alpha value is -6.54. The summed E-state index contributed by atoms with van der Waals surface area (Å²) in [4.78, 5) is 43.0. The van der Waals surface area contributed by atoms with Crippen LogP contribution >= 0.6 is 0 Å². The average Bonchev–Trinajstić information content (AvgIpc) is 4.11. The van der Waals surface area contributed by atoms with Crippen LogP contribution in [0.5, 0.6) is 0 Å². The smallest absolute Gasteiger partial charge is 0.475 e. The average molecular weight is 845 g/mol. The number of carboxylic acid groups (broad SMARTS) is 1. The van der Waals surface area contributed by atoms with E-state index in [0.717, 1.165) is 17.7 Å². The zero-order valence-electron chi connectivity index (χ0n) is 33.4. The molecule has 6 N–H and O–H groups in total. The summed E-state index contributed by atoms with van der Waals surface area (Å²) in [5.74, 6) is -1.67. The fourth-order valence-electron chi connectivity index (χ4n) is 7.70. The van der Waals surface area contributed by atoms with Gasteiger partial charge >= 0.3 is 18.2 Å². The molecule has 322 valence electrons. The number of carbonyl (C=O) groups is 2. The number of aliphatic hydroxyl groups excluding tert-OH is 2. The maximum atomic E-state index is 12.8. The second-order valence-corrected chi connectivity index (χ2v) is 15.1. The number of anilines is 2. The number of hydrogen-bond donors (Lipinski definition) is 6. The first-order valence-corrected chi connectivity index (χ1v) is 19.8. The number of aromatic nitrogens is 8. The molecule has 20 heteroatoms. The van der Waals surface area contributed by atoms with Crippen LogP contribution in [0, 0.1) is 0 Å². The summed E-state index contributed by atoms with van der Waals surface area (Å²) in [6.45, 7) is 4.08. The van der Waals surface area contributed by atoms with Crippen LogP contribution in [0.2, 0.25) is 0 Å². The highest BCUT2D eigenvalue weighted by atomic mass is 19.4. The van der Waals surface area contributed by atoms with Crippen molar-refractivity contribution in [3.8, 4) is 0 Å². The Bertz CT molecular complexity index is 2370. The van der Waals surface area contributed by atoms with E-state index in [1.165, 1.54) is 11.1 Å². The van der Waals surface area contributed by atoms with E-state index < -0.39 is 36.4 Å². The Labute approximate surface area is 348 Å². The first-order chi connectivity index (χ1) is 29.3. The number of nitrogens with zero attached hydrogens (tertiary/aromatic N) is 9. The predicted octanol–water partition coefficient (Wildman–Crippen LogP) is 4.18. The van der Waals surface area contributed by atoms with Crippen molar-refractivity contribution in [2.45, 2.75) is 75.2 Å². The lowest BCUT2D eigenvalue weighted by Crippen LogP contribution is -2.43. The maximum Gasteiger partial charge on any atom is 0.490 e. The second kappa shape index (κ2) is 18.4. The molecule has 0 radical (unpaired) electrons. The van der Waals surface area contributed by atoms with E-state index >= 15 is 0 Å². The fourth-order valence-corrected chi connectivity index (χ4v) is 7.70. The van der Waals surface area contributed by atoms with Crippen LogP contribution in [0.3, 0.4) is 0 Å². The third-order valence-corrected chi connectivity index (χ3v) is 10.9. The third kappa shape index (κ3) is 9.92. The van der Waals surface area contributed by atoms with Crippen LogP contribution in [0.25, 0.3) is 11.2 Å². The highest BCUT2D eigenvalue weighted by Crippen LogP contribution is 2.40. The van der Waals surface area contributed by atoms with E-state index in [-0.39, 0.29) is 18.0 Å². The topological polar surface area (TPSA) is 213 Å². The number of carbonyl (C=O) groups excluding carboxylic acids is 1. The third-order valence-electron chi connectivity index (χ3n) is 10.9. The standard InChI is InChI=1S/C39H46N12O3.C2HF3O2/c1-3-25-17-44-51(20-25)32-16-31(34(52)35(32)53)50-24-43-33-36(40-19-30(26-10-6-4-7-11-26)27-12-8-5-9-13-27)46-38(47-37(33)50)49-15-14-28(22-49)45-39(54)41-18-29-21-48(2)23-42-29;3-2(4,5)1(6)7/h4-13,17,20-21,23-24,28,30-32,34-35,52-53H,3,14-16,18-19,22H2,1-2H3,(H,40,46,47)(H2,41,45,54);(H,6,7)/t28-,31-,32+,34+,35-;/m1./s1. The van der Waals surface area contributed by atoms with Gasteiger partial charge in [0.2, 0.25) is 5.95 Å². The lowest BCUT2D eigenvalue weighted by molar-refractivity contribution is -0.192. The van der Waals surface area contributed by atoms with Crippen LogP contribution < -0.4 is 20.9 Å². The number of aliphatic carboxylic acids is 1. The number of imidazole rings is 2. The molecule has 0 unspecified atom stereocenters. The molecule has 1 aliphatic heterocycles. The molecule has 17 nitrogen and oxygen atoms in total. The Kier molecular flexibility index (Phi) is 12.8. The van der Waals surface area contributed by atoms with Crippen molar-refractivity contribution >= 4 is 34.9 Å². The van der Waals surface area contributed by atoms with Gasteiger partial charge in [0.15, 0.2) is 17.0 Å². The van der Waals surface area contributed by atoms with Crippen LogP contribution in [0.4, 0.5) is 29.7 Å². The molecule has 8 rings (SSSR count). The van der Waals surface area contributed by atoms with E-state index in [0.29, 0.717) is 62.0 Å². The van der Waals surface area contributed by atoms with Gasteiger partial charge in [0.25, 0.3) is 0 Å². The predicted molar refractivity (Wildman–Crippen MR) is 218 cm³/mol. The number of urea groups is 1. The summed E-state index contributed by atoms with van der Waals surface area (Å²) in [7, 11) is 1.89. The van der Waals surface area contributed by atoms with Crippen LogP contribution in [-0.4, -0.2) is 110 Å². The van der Waals surface area contributed by atoms with E-state index in [2.05, 4.69) is 62.1 Å². The highest BCUT2D eigenvalue weighted by molar-refractivity contribution is 5.84. The van der Waals surface area contributed by atoms with Crippen molar-refractivity contribution in [1.82, 2.24) is 49.5 Å². The van der Waals surface area contributed by atoms with Gasteiger partial charge < -0.3 is 45.3 Å². The summed E-state index contributed by atoms with van der Waals surface area (Å²) in [6.07, 6.45) is 3.80. The lowest BCUT2D eigenvalue weighted by Gasteiger charge is -2.22. The number of aryl methyl sites for hydroxylation is 2. The Morgan fingerprint density at radius 2 is 1.61 bits per heavy atom. The first kappa shape index (κ1) is 42.6. The summed E-state index contributed by atoms with van der Waals surface area (Å²) in [5.41, 5.74) is 5.30. The minimum atomic E-state index is -5.08. The Morgan fingerprint density at radius 3 is 2.21 bits per heavy atom. The van der Waals surface area contributed by atoms with Gasteiger partial charge in [-0.2, -0.15) is 28.2 Å². The Morgan fingerprint density at radius 1 is 0.934 bits per heavy atom. The molecule has 0 spiro atoms. The van der Waals surface area contributed by atoms with Crippen LogP contribution in [0.1, 0.15) is 60.2 Å². The zero-order valence-corrected chi connectivity index (χ0v) is 33.4. The van der Waals surface area contributed by atoms with E-state index in [4.69, 9.17) is 24.9 Å². The van der Waals surface area contributed by atoms with Gasteiger partial charge in [0.05, 0.1) is 43.2 Å².